The van der Waals surface area contributed by atoms with Gasteiger partial charge in [-0.05, 0) is 51.6 Å². The van der Waals surface area contributed by atoms with Crippen molar-refractivity contribution < 1.29 is 4.74 Å². The van der Waals surface area contributed by atoms with Gasteiger partial charge < -0.3 is 9.64 Å². The zero-order valence-electron chi connectivity index (χ0n) is 14.7. The van der Waals surface area contributed by atoms with E-state index in [2.05, 4.69) is 19.8 Å². The van der Waals surface area contributed by atoms with E-state index in [1.54, 1.807) is 0 Å². The van der Waals surface area contributed by atoms with Gasteiger partial charge in [-0.1, -0.05) is 0 Å². The molecule has 23 heavy (non-hydrogen) atoms. The van der Waals surface area contributed by atoms with Crippen molar-refractivity contribution in [3.63, 3.8) is 0 Å². The molecule has 5 heteroatoms. The molecule has 4 saturated heterocycles. The molecule has 0 aromatic heterocycles. The lowest BCUT2D eigenvalue weighted by atomic mass is 10.2. The van der Waals surface area contributed by atoms with Crippen LogP contribution < -0.4 is 0 Å². The first-order valence-electron chi connectivity index (χ1n) is 9.96. The molecule has 0 saturated carbocycles. The Morgan fingerprint density at radius 1 is 0.696 bits per heavy atom. The van der Waals surface area contributed by atoms with Crippen molar-refractivity contribution in [2.24, 2.45) is 0 Å². The van der Waals surface area contributed by atoms with E-state index in [9.17, 15) is 0 Å². The quantitative estimate of drug-likeness (QED) is 0.758. The van der Waals surface area contributed by atoms with Crippen LogP contribution in [0.3, 0.4) is 0 Å². The van der Waals surface area contributed by atoms with Crippen molar-refractivity contribution in [1.29, 1.82) is 0 Å². The Morgan fingerprint density at radius 3 is 2.22 bits per heavy atom. The van der Waals surface area contributed by atoms with Gasteiger partial charge in [0.2, 0.25) is 0 Å². The molecule has 4 rings (SSSR count). The summed E-state index contributed by atoms with van der Waals surface area (Å²) in [5, 5.41) is 5.39. The minimum Gasteiger partial charge on any atom is -0.377 e. The molecule has 4 heterocycles. The number of likely N-dealkylation sites (tertiary alicyclic amines) is 1. The van der Waals surface area contributed by atoms with Crippen molar-refractivity contribution >= 4 is 0 Å². The third kappa shape index (κ3) is 4.07. The normalized spacial score (nSPS) is 35.5. The summed E-state index contributed by atoms with van der Waals surface area (Å²) >= 11 is 0. The van der Waals surface area contributed by atoms with Gasteiger partial charge in [0.25, 0.3) is 0 Å². The Balaban J connectivity index is 1.23. The third-order valence-electron chi connectivity index (χ3n) is 6.21. The lowest BCUT2D eigenvalue weighted by Crippen LogP contribution is -2.57. The van der Waals surface area contributed by atoms with Gasteiger partial charge >= 0.3 is 0 Å². The monoisotopic (exact) mass is 322 g/mol. The molecule has 0 bridgehead atoms. The lowest BCUT2D eigenvalue weighted by molar-refractivity contribution is -0.0762. The number of ether oxygens (including phenoxy) is 1. The molecule has 0 radical (unpaired) electrons. The molecular weight excluding hydrogens is 288 g/mol. The van der Waals surface area contributed by atoms with Crippen LogP contribution in [0.1, 0.15) is 38.5 Å². The number of hydrazine groups is 1. The van der Waals surface area contributed by atoms with Gasteiger partial charge in [0.15, 0.2) is 0 Å². The van der Waals surface area contributed by atoms with Crippen LogP contribution in [-0.2, 0) is 4.74 Å². The van der Waals surface area contributed by atoms with Crippen LogP contribution >= 0.6 is 0 Å². The highest BCUT2D eigenvalue weighted by molar-refractivity contribution is 4.85. The van der Waals surface area contributed by atoms with Gasteiger partial charge in [-0.25, -0.2) is 10.0 Å². The summed E-state index contributed by atoms with van der Waals surface area (Å²) in [5.74, 6) is 0. The molecule has 0 aromatic carbocycles. The summed E-state index contributed by atoms with van der Waals surface area (Å²) in [6.45, 7) is 12.2. The highest BCUT2D eigenvalue weighted by Crippen LogP contribution is 2.23. The van der Waals surface area contributed by atoms with Crippen molar-refractivity contribution in [3.8, 4) is 0 Å². The van der Waals surface area contributed by atoms with Crippen LogP contribution in [0.15, 0.2) is 0 Å². The Morgan fingerprint density at radius 2 is 1.48 bits per heavy atom. The standard InChI is InChI=1S/C18H34N4O/c1-2-8-19(7-1)15-17-5-3-9-22(17)21-12-10-20(11-13-21)16-18-6-4-14-23-18/h17-18H,1-16H2. The molecule has 2 atom stereocenters. The Kier molecular flexibility index (Phi) is 5.51. The summed E-state index contributed by atoms with van der Waals surface area (Å²) in [4.78, 5) is 5.31. The number of nitrogens with zero attached hydrogens (tertiary/aromatic N) is 4. The second kappa shape index (κ2) is 7.79. The molecule has 2 unspecified atom stereocenters. The van der Waals surface area contributed by atoms with Crippen LogP contribution in [0.2, 0.25) is 0 Å². The molecule has 4 aliphatic rings. The molecule has 5 nitrogen and oxygen atoms in total. The molecule has 0 spiro atoms. The predicted octanol–water partition coefficient (Wildman–Crippen LogP) is 1.26. The van der Waals surface area contributed by atoms with Gasteiger partial charge in [-0.3, -0.25) is 4.90 Å². The first-order chi connectivity index (χ1) is 11.4. The van der Waals surface area contributed by atoms with Crippen molar-refractivity contribution in [1.82, 2.24) is 19.8 Å². The molecule has 0 amide bonds. The second-order valence-electron chi connectivity index (χ2n) is 7.86. The first-order valence-corrected chi connectivity index (χ1v) is 9.96. The van der Waals surface area contributed by atoms with Crippen molar-refractivity contribution in [2.75, 3.05) is 65.5 Å². The smallest absolute Gasteiger partial charge is 0.0702 e. The number of rotatable bonds is 5. The molecule has 132 valence electrons. The summed E-state index contributed by atoms with van der Waals surface area (Å²) in [5.41, 5.74) is 0. The van der Waals surface area contributed by atoms with Crippen LogP contribution in [0.4, 0.5) is 0 Å². The molecule has 0 aromatic rings. The Labute approximate surface area is 141 Å². The van der Waals surface area contributed by atoms with E-state index in [4.69, 9.17) is 4.74 Å². The topological polar surface area (TPSA) is 22.2 Å². The average molecular weight is 322 g/mol. The van der Waals surface area contributed by atoms with E-state index in [1.807, 2.05) is 0 Å². The van der Waals surface area contributed by atoms with E-state index in [-0.39, 0.29) is 0 Å². The maximum absolute atomic E-state index is 5.80. The highest BCUT2D eigenvalue weighted by Gasteiger charge is 2.33. The summed E-state index contributed by atoms with van der Waals surface area (Å²) in [6, 6.07) is 0.776. The first kappa shape index (κ1) is 16.3. The Hall–Kier alpha value is -0.200. The SMILES string of the molecule is C1COC(CN2CCN(N3CCCC3CN3CCCC3)CC2)C1. The minimum atomic E-state index is 0.510. The van der Waals surface area contributed by atoms with Crippen molar-refractivity contribution in [3.05, 3.63) is 0 Å². The van der Waals surface area contributed by atoms with Gasteiger partial charge in [0.1, 0.15) is 0 Å². The van der Waals surface area contributed by atoms with Gasteiger partial charge in [-0.2, -0.15) is 0 Å². The fourth-order valence-electron chi connectivity index (χ4n) is 4.89. The van der Waals surface area contributed by atoms with Gasteiger partial charge in [0, 0.05) is 58.5 Å². The van der Waals surface area contributed by atoms with E-state index >= 15 is 0 Å². The maximum Gasteiger partial charge on any atom is 0.0702 e. The molecule has 0 N–H and O–H groups in total. The Bertz CT molecular complexity index is 360. The minimum absolute atomic E-state index is 0.510. The summed E-state index contributed by atoms with van der Waals surface area (Å²) < 4.78 is 5.80. The largest absolute Gasteiger partial charge is 0.377 e. The van der Waals surface area contributed by atoms with E-state index in [0.29, 0.717) is 6.10 Å². The fourth-order valence-corrected chi connectivity index (χ4v) is 4.89. The second-order valence-corrected chi connectivity index (χ2v) is 7.86. The predicted molar refractivity (Wildman–Crippen MR) is 92.4 cm³/mol. The number of hydrogen-bond acceptors (Lipinski definition) is 5. The number of piperazine rings is 1. The molecular formula is C18H34N4O. The van der Waals surface area contributed by atoms with E-state index in [1.165, 1.54) is 90.9 Å². The maximum atomic E-state index is 5.80. The van der Waals surface area contributed by atoms with Gasteiger partial charge in [0.05, 0.1) is 6.10 Å². The zero-order chi connectivity index (χ0) is 15.5. The van der Waals surface area contributed by atoms with E-state index < -0.39 is 0 Å². The van der Waals surface area contributed by atoms with Crippen LogP contribution in [0, 0.1) is 0 Å². The summed E-state index contributed by atoms with van der Waals surface area (Å²) in [6.07, 6.45) is 8.64. The summed E-state index contributed by atoms with van der Waals surface area (Å²) in [7, 11) is 0. The van der Waals surface area contributed by atoms with Crippen molar-refractivity contribution in [2.45, 2.75) is 50.7 Å². The highest BCUT2D eigenvalue weighted by atomic mass is 16.5. The van der Waals surface area contributed by atoms with Crippen LogP contribution in [0.5, 0.6) is 0 Å². The molecule has 4 fully saturated rings. The molecule has 0 aliphatic carbocycles. The van der Waals surface area contributed by atoms with Crippen LogP contribution in [0.25, 0.3) is 0 Å². The third-order valence-corrected chi connectivity index (χ3v) is 6.21. The average Bonchev–Trinajstić information content (AvgIpc) is 3.31. The molecule has 4 aliphatic heterocycles. The fraction of sp³-hybridized carbons (Fsp3) is 1.00. The number of hydrogen-bond donors (Lipinski definition) is 0. The zero-order valence-corrected chi connectivity index (χ0v) is 14.7. The van der Waals surface area contributed by atoms with Gasteiger partial charge in [-0.15, -0.1) is 0 Å². The van der Waals surface area contributed by atoms with E-state index in [0.717, 1.165) is 19.2 Å². The van der Waals surface area contributed by atoms with Crippen LogP contribution in [-0.4, -0.2) is 97.5 Å². The lowest BCUT2D eigenvalue weighted by Gasteiger charge is -2.43.